The number of carbonyl (C=O) groups excluding carboxylic acids is 1. The predicted octanol–water partition coefficient (Wildman–Crippen LogP) is 2.49. The Morgan fingerprint density at radius 1 is 1.29 bits per heavy atom. The maximum Gasteiger partial charge on any atom is 0.417 e. The number of H-pyrrole nitrogens is 1. The molecule has 0 unspecified atom stereocenters. The molecule has 0 atom stereocenters. The van der Waals surface area contributed by atoms with Crippen LogP contribution in [0.25, 0.3) is 0 Å². The number of aromatic nitrogens is 1. The highest BCUT2D eigenvalue weighted by Gasteiger charge is 2.34. The molecule has 0 radical (unpaired) electrons. The molecule has 28 heavy (non-hydrogen) atoms. The van der Waals surface area contributed by atoms with Crippen molar-refractivity contribution in [2.75, 3.05) is 18.4 Å². The van der Waals surface area contributed by atoms with Gasteiger partial charge in [0.25, 0.3) is 15.6 Å². The van der Waals surface area contributed by atoms with Crippen LogP contribution in [-0.4, -0.2) is 36.7 Å². The van der Waals surface area contributed by atoms with Crippen molar-refractivity contribution in [1.29, 1.82) is 0 Å². The number of nitrogens with zero attached hydrogens (tertiary/aromatic N) is 1. The van der Waals surface area contributed by atoms with Gasteiger partial charge < -0.3 is 10.3 Å². The lowest BCUT2D eigenvalue weighted by atomic mass is 9.97. The van der Waals surface area contributed by atoms with Crippen molar-refractivity contribution in [2.45, 2.75) is 23.2 Å². The normalized spacial score (nSPS) is 16.8. The van der Waals surface area contributed by atoms with Crippen LogP contribution in [0.1, 0.15) is 18.4 Å². The Hall–Kier alpha value is -2.18. The highest BCUT2D eigenvalue weighted by Crippen LogP contribution is 2.30. The highest BCUT2D eigenvalue weighted by molar-refractivity contribution is 7.91. The van der Waals surface area contributed by atoms with Gasteiger partial charge in [0.05, 0.1) is 5.56 Å². The zero-order valence-electron chi connectivity index (χ0n) is 14.3. The number of sulfonamides is 1. The van der Waals surface area contributed by atoms with Crippen LogP contribution in [0.15, 0.2) is 38.8 Å². The Labute approximate surface area is 162 Å². The zero-order valence-corrected chi connectivity index (χ0v) is 16.0. The van der Waals surface area contributed by atoms with Gasteiger partial charge >= 0.3 is 6.18 Å². The predicted molar refractivity (Wildman–Crippen MR) is 96.5 cm³/mol. The largest absolute Gasteiger partial charge is 0.417 e. The molecule has 152 valence electrons. The summed E-state index contributed by atoms with van der Waals surface area (Å²) in [5, 5.41) is 3.88. The summed E-state index contributed by atoms with van der Waals surface area (Å²) in [7, 11) is -3.62. The van der Waals surface area contributed by atoms with Crippen LogP contribution >= 0.6 is 11.3 Å². The lowest BCUT2D eigenvalue weighted by Crippen LogP contribution is -2.41. The number of nitrogens with one attached hydrogen (secondary N) is 2. The number of halogens is 3. The third kappa shape index (κ3) is 4.28. The molecule has 2 N–H and O–H groups in total. The van der Waals surface area contributed by atoms with Crippen LogP contribution < -0.4 is 10.9 Å². The molecule has 0 aromatic carbocycles. The van der Waals surface area contributed by atoms with Crippen molar-refractivity contribution in [2.24, 2.45) is 5.92 Å². The standard InChI is InChI=1S/C16H16F3N3O4S2/c17-16(18,19)11-8-12(15(24)20-9-11)21-14(23)10-3-5-22(6-4-10)28(25,26)13-2-1-7-27-13/h1-2,7-10H,3-6H2,(H,20,24)(H,21,23). The van der Waals surface area contributed by atoms with Crippen LogP contribution in [0.5, 0.6) is 0 Å². The fourth-order valence-corrected chi connectivity index (χ4v) is 5.49. The van der Waals surface area contributed by atoms with Gasteiger partial charge in [-0.05, 0) is 30.4 Å². The molecule has 1 fully saturated rings. The maximum absolute atomic E-state index is 12.8. The third-order valence-corrected chi connectivity index (χ3v) is 7.67. The average molecular weight is 435 g/mol. The first-order chi connectivity index (χ1) is 13.1. The molecule has 7 nitrogen and oxygen atoms in total. The molecule has 0 aliphatic carbocycles. The van der Waals surface area contributed by atoms with E-state index in [1.807, 2.05) is 4.98 Å². The fourth-order valence-electron chi connectivity index (χ4n) is 2.87. The van der Waals surface area contributed by atoms with Gasteiger partial charge in [0, 0.05) is 25.2 Å². The molecule has 2 aromatic heterocycles. The lowest BCUT2D eigenvalue weighted by Gasteiger charge is -2.30. The van der Waals surface area contributed by atoms with Crippen LogP contribution in [0, 0.1) is 5.92 Å². The second kappa shape index (κ2) is 7.68. The molecular weight excluding hydrogens is 419 g/mol. The Balaban J connectivity index is 1.66. The summed E-state index contributed by atoms with van der Waals surface area (Å²) in [5.74, 6) is -1.22. The van der Waals surface area contributed by atoms with E-state index in [1.54, 1.807) is 11.4 Å². The molecule has 1 saturated heterocycles. The smallest absolute Gasteiger partial charge is 0.327 e. The number of hydrogen-bond acceptors (Lipinski definition) is 5. The first-order valence-corrected chi connectivity index (χ1v) is 10.6. The second-order valence-corrected chi connectivity index (χ2v) is 9.34. The van der Waals surface area contributed by atoms with Crippen molar-refractivity contribution in [3.8, 4) is 0 Å². The summed E-state index contributed by atoms with van der Waals surface area (Å²) in [6.07, 6.45) is -3.72. The number of aromatic amines is 1. The molecular formula is C16H16F3N3O4S2. The molecule has 1 aliphatic rings. The van der Waals surface area contributed by atoms with Crippen molar-refractivity contribution in [3.05, 3.63) is 45.7 Å². The van der Waals surface area contributed by atoms with Gasteiger partial charge in [0.15, 0.2) is 0 Å². The van der Waals surface area contributed by atoms with Crippen molar-refractivity contribution >= 4 is 33.0 Å². The second-order valence-electron chi connectivity index (χ2n) is 6.23. The molecule has 0 saturated carbocycles. The summed E-state index contributed by atoms with van der Waals surface area (Å²) in [6, 6.07) is 3.70. The number of piperidine rings is 1. The Morgan fingerprint density at radius 2 is 1.96 bits per heavy atom. The van der Waals surface area contributed by atoms with E-state index in [-0.39, 0.29) is 30.1 Å². The summed E-state index contributed by atoms with van der Waals surface area (Å²) in [6.45, 7) is 0.217. The Bertz CT molecular complexity index is 1010. The maximum atomic E-state index is 12.8. The zero-order chi connectivity index (χ0) is 20.5. The molecule has 0 bridgehead atoms. The molecule has 1 amide bonds. The minimum Gasteiger partial charge on any atom is -0.327 e. The molecule has 0 spiro atoms. The van der Waals surface area contributed by atoms with E-state index in [2.05, 4.69) is 5.32 Å². The van der Waals surface area contributed by atoms with E-state index < -0.39 is 44.8 Å². The van der Waals surface area contributed by atoms with E-state index >= 15 is 0 Å². The summed E-state index contributed by atoms with van der Waals surface area (Å²) < 4.78 is 64.7. The third-order valence-electron chi connectivity index (χ3n) is 4.40. The van der Waals surface area contributed by atoms with Crippen LogP contribution in [0.2, 0.25) is 0 Å². The van der Waals surface area contributed by atoms with Crippen molar-refractivity contribution in [1.82, 2.24) is 9.29 Å². The van der Waals surface area contributed by atoms with E-state index in [0.29, 0.717) is 12.3 Å². The van der Waals surface area contributed by atoms with Crippen LogP contribution in [-0.2, 0) is 21.0 Å². The van der Waals surface area contributed by atoms with Gasteiger partial charge in [-0.3, -0.25) is 9.59 Å². The number of hydrogen-bond donors (Lipinski definition) is 2. The minimum absolute atomic E-state index is 0.108. The van der Waals surface area contributed by atoms with Gasteiger partial charge in [-0.2, -0.15) is 17.5 Å². The van der Waals surface area contributed by atoms with E-state index in [4.69, 9.17) is 0 Å². The van der Waals surface area contributed by atoms with Gasteiger partial charge in [-0.1, -0.05) is 6.07 Å². The van der Waals surface area contributed by atoms with Crippen molar-refractivity contribution < 1.29 is 26.4 Å². The SMILES string of the molecule is O=C(Nc1cc(C(F)(F)F)c[nH]c1=O)C1CCN(S(=O)(=O)c2cccs2)CC1. The first kappa shape index (κ1) is 20.6. The van der Waals surface area contributed by atoms with E-state index in [1.165, 1.54) is 10.4 Å². The average Bonchev–Trinajstić information content (AvgIpc) is 3.18. The monoisotopic (exact) mass is 435 g/mol. The molecule has 3 rings (SSSR count). The summed E-state index contributed by atoms with van der Waals surface area (Å²) in [4.78, 5) is 26.0. The fraction of sp³-hybridized carbons (Fsp3) is 0.375. The van der Waals surface area contributed by atoms with Crippen molar-refractivity contribution in [3.63, 3.8) is 0 Å². The number of carbonyl (C=O) groups is 1. The number of amides is 1. The lowest BCUT2D eigenvalue weighted by molar-refractivity contribution is -0.137. The highest BCUT2D eigenvalue weighted by atomic mass is 32.2. The quantitative estimate of drug-likeness (QED) is 0.771. The molecule has 2 aromatic rings. The van der Waals surface area contributed by atoms with E-state index in [9.17, 15) is 31.2 Å². The topological polar surface area (TPSA) is 99.3 Å². The molecule has 3 heterocycles. The summed E-state index contributed by atoms with van der Waals surface area (Å²) >= 11 is 1.10. The number of thiophene rings is 1. The number of pyridine rings is 1. The van der Waals surface area contributed by atoms with Gasteiger partial charge in [-0.25, -0.2) is 8.42 Å². The minimum atomic E-state index is -4.66. The number of rotatable bonds is 4. The molecule has 1 aliphatic heterocycles. The Morgan fingerprint density at radius 3 is 2.54 bits per heavy atom. The number of anilines is 1. The van der Waals surface area contributed by atoms with Gasteiger partial charge in [0.2, 0.25) is 5.91 Å². The number of alkyl halides is 3. The van der Waals surface area contributed by atoms with Crippen LogP contribution in [0.3, 0.4) is 0 Å². The molecule has 12 heteroatoms. The first-order valence-electron chi connectivity index (χ1n) is 8.23. The summed E-state index contributed by atoms with van der Waals surface area (Å²) in [5.41, 5.74) is -2.42. The van der Waals surface area contributed by atoms with Gasteiger partial charge in [-0.15, -0.1) is 11.3 Å². The van der Waals surface area contributed by atoms with E-state index in [0.717, 1.165) is 11.3 Å². The van der Waals surface area contributed by atoms with Crippen LogP contribution in [0.4, 0.5) is 18.9 Å². The Kier molecular flexibility index (Phi) is 5.64. The van der Waals surface area contributed by atoms with Gasteiger partial charge in [0.1, 0.15) is 9.90 Å².